The first-order valence-electron chi connectivity index (χ1n) is 7.27. The van der Waals surface area contributed by atoms with Crippen molar-refractivity contribution in [3.05, 3.63) is 36.0 Å². The van der Waals surface area contributed by atoms with Gasteiger partial charge in [-0.1, -0.05) is 12.8 Å². The number of aryl methyl sites for hydroxylation is 1. The number of amides is 1. The third-order valence-corrected chi connectivity index (χ3v) is 3.99. The zero-order valence-electron chi connectivity index (χ0n) is 12.2. The fourth-order valence-corrected chi connectivity index (χ4v) is 2.96. The van der Waals surface area contributed by atoms with Gasteiger partial charge in [0.2, 0.25) is 0 Å². The van der Waals surface area contributed by atoms with Gasteiger partial charge in [-0.3, -0.25) is 9.48 Å². The van der Waals surface area contributed by atoms with Crippen LogP contribution in [0.5, 0.6) is 0 Å². The molecule has 2 heterocycles. The third kappa shape index (κ3) is 2.79. The summed E-state index contributed by atoms with van der Waals surface area (Å²) in [5.41, 5.74) is 6.65. The molecule has 0 saturated heterocycles. The second kappa shape index (κ2) is 5.63. The minimum absolute atomic E-state index is 0.114. The highest BCUT2D eigenvalue weighted by Gasteiger charge is 2.30. The zero-order valence-corrected chi connectivity index (χ0v) is 12.2. The Kier molecular flexibility index (Phi) is 3.68. The monoisotopic (exact) mass is 288 g/mol. The smallest absolute Gasteiger partial charge is 0.277 e. The van der Waals surface area contributed by atoms with Crippen LogP contribution >= 0.6 is 0 Å². The van der Waals surface area contributed by atoms with E-state index in [-0.39, 0.29) is 11.9 Å². The topological polar surface area (TPSA) is 77.3 Å². The van der Waals surface area contributed by atoms with Crippen LogP contribution in [0.2, 0.25) is 0 Å². The molecule has 112 valence electrons. The van der Waals surface area contributed by atoms with Crippen LogP contribution in [0.1, 0.15) is 41.9 Å². The van der Waals surface area contributed by atoms with Crippen LogP contribution in [-0.4, -0.2) is 26.6 Å². The molecule has 0 unspecified atom stereocenters. The maximum atomic E-state index is 12.8. The molecule has 6 nitrogen and oxygen atoms in total. The Morgan fingerprint density at radius 3 is 2.86 bits per heavy atom. The molecule has 1 amide bonds. The van der Waals surface area contributed by atoms with E-state index < -0.39 is 0 Å². The summed E-state index contributed by atoms with van der Waals surface area (Å²) in [6.07, 6.45) is 7.65. The number of nitrogens with two attached hydrogens (primary N) is 1. The molecule has 1 saturated carbocycles. The van der Waals surface area contributed by atoms with Gasteiger partial charge in [0, 0.05) is 19.3 Å². The molecule has 1 aliphatic rings. The Labute approximate surface area is 123 Å². The van der Waals surface area contributed by atoms with Crippen molar-refractivity contribution in [2.45, 2.75) is 38.3 Å². The van der Waals surface area contributed by atoms with E-state index in [0.717, 1.165) is 31.4 Å². The summed E-state index contributed by atoms with van der Waals surface area (Å²) >= 11 is 0. The van der Waals surface area contributed by atoms with E-state index in [9.17, 15) is 4.79 Å². The second-order valence-electron chi connectivity index (χ2n) is 5.56. The molecule has 0 aliphatic heterocycles. The Bertz CT molecular complexity index is 612. The first kappa shape index (κ1) is 13.7. The number of hydrogen-bond acceptors (Lipinski definition) is 4. The van der Waals surface area contributed by atoms with E-state index in [2.05, 4.69) is 5.10 Å². The lowest BCUT2D eigenvalue weighted by Gasteiger charge is -2.27. The van der Waals surface area contributed by atoms with Crippen molar-refractivity contribution in [3.63, 3.8) is 0 Å². The highest BCUT2D eigenvalue weighted by atomic mass is 16.3. The number of aromatic nitrogens is 2. The SMILES string of the molecule is Cn1cc(N)c(C(=O)N(Cc2ccco2)C2CCCC2)n1. The van der Waals surface area contributed by atoms with Crippen molar-refractivity contribution in [1.82, 2.24) is 14.7 Å². The van der Waals surface area contributed by atoms with Crippen molar-refractivity contribution in [2.24, 2.45) is 7.05 Å². The Balaban J connectivity index is 1.86. The molecule has 6 heteroatoms. The molecule has 2 aromatic heterocycles. The van der Waals surface area contributed by atoms with Crippen LogP contribution in [0.3, 0.4) is 0 Å². The molecule has 2 N–H and O–H groups in total. The lowest BCUT2D eigenvalue weighted by molar-refractivity contribution is 0.0643. The molecule has 0 bridgehead atoms. The Hall–Kier alpha value is -2.24. The summed E-state index contributed by atoms with van der Waals surface area (Å²) in [6.45, 7) is 0.465. The maximum absolute atomic E-state index is 12.8. The molecular formula is C15H20N4O2. The highest BCUT2D eigenvalue weighted by molar-refractivity contribution is 5.97. The molecule has 21 heavy (non-hydrogen) atoms. The Morgan fingerprint density at radius 1 is 1.52 bits per heavy atom. The standard InChI is InChI=1S/C15H20N4O2/c1-18-10-13(16)14(17-18)15(20)19(11-5-2-3-6-11)9-12-7-4-8-21-12/h4,7-8,10-11H,2-3,5-6,9,16H2,1H3. The van der Waals surface area contributed by atoms with Gasteiger partial charge in [0.25, 0.3) is 5.91 Å². The molecular weight excluding hydrogens is 268 g/mol. The minimum atomic E-state index is -0.114. The van der Waals surface area contributed by atoms with E-state index in [1.54, 1.807) is 24.2 Å². The van der Waals surface area contributed by atoms with Gasteiger partial charge in [-0.15, -0.1) is 0 Å². The minimum Gasteiger partial charge on any atom is -0.467 e. The largest absolute Gasteiger partial charge is 0.467 e. The molecule has 1 fully saturated rings. The zero-order chi connectivity index (χ0) is 14.8. The molecule has 0 atom stereocenters. The van der Waals surface area contributed by atoms with E-state index in [4.69, 9.17) is 10.2 Å². The van der Waals surface area contributed by atoms with Crippen LogP contribution in [0.15, 0.2) is 29.0 Å². The summed E-state index contributed by atoms with van der Waals surface area (Å²) in [5.74, 6) is 0.668. The van der Waals surface area contributed by atoms with Crippen LogP contribution in [0.25, 0.3) is 0 Å². The number of rotatable bonds is 4. The average molecular weight is 288 g/mol. The number of nitrogen functional groups attached to an aromatic ring is 1. The molecule has 1 aliphatic carbocycles. The summed E-state index contributed by atoms with van der Waals surface area (Å²) in [4.78, 5) is 14.7. The number of carbonyl (C=O) groups is 1. The third-order valence-electron chi connectivity index (χ3n) is 3.99. The van der Waals surface area contributed by atoms with Gasteiger partial charge >= 0.3 is 0 Å². The van der Waals surface area contributed by atoms with Gasteiger partial charge in [-0.2, -0.15) is 5.10 Å². The predicted octanol–water partition coefficient (Wildman–Crippen LogP) is 2.18. The fourth-order valence-electron chi connectivity index (χ4n) is 2.96. The van der Waals surface area contributed by atoms with E-state index >= 15 is 0 Å². The molecule has 3 rings (SSSR count). The van der Waals surface area contributed by atoms with E-state index in [0.29, 0.717) is 17.9 Å². The van der Waals surface area contributed by atoms with Crippen molar-refractivity contribution in [3.8, 4) is 0 Å². The summed E-state index contributed by atoms with van der Waals surface area (Å²) in [7, 11) is 1.76. The van der Waals surface area contributed by atoms with Crippen LogP contribution in [-0.2, 0) is 13.6 Å². The molecule has 2 aromatic rings. The summed E-state index contributed by atoms with van der Waals surface area (Å²) < 4.78 is 6.97. The van der Waals surface area contributed by atoms with Crippen molar-refractivity contribution in [1.29, 1.82) is 0 Å². The lowest BCUT2D eigenvalue weighted by Crippen LogP contribution is -2.38. The Morgan fingerprint density at radius 2 is 2.29 bits per heavy atom. The van der Waals surface area contributed by atoms with Crippen molar-refractivity contribution < 1.29 is 9.21 Å². The average Bonchev–Trinajstić information content (AvgIpc) is 3.16. The van der Waals surface area contributed by atoms with Gasteiger partial charge in [-0.05, 0) is 25.0 Å². The summed E-state index contributed by atoms with van der Waals surface area (Å²) in [6, 6.07) is 3.96. The van der Waals surface area contributed by atoms with Gasteiger partial charge in [0.15, 0.2) is 5.69 Å². The number of hydrogen-bond donors (Lipinski definition) is 1. The second-order valence-corrected chi connectivity index (χ2v) is 5.56. The quantitative estimate of drug-likeness (QED) is 0.935. The van der Waals surface area contributed by atoms with Gasteiger partial charge < -0.3 is 15.1 Å². The number of carbonyl (C=O) groups excluding carboxylic acids is 1. The van der Waals surface area contributed by atoms with Crippen LogP contribution in [0.4, 0.5) is 5.69 Å². The van der Waals surface area contributed by atoms with Crippen LogP contribution < -0.4 is 5.73 Å². The maximum Gasteiger partial charge on any atom is 0.277 e. The van der Waals surface area contributed by atoms with E-state index in [1.165, 1.54) is 0 Å². The fraction of sp³-hybridized carbons (Fsp3) is 0.467. The van der Waals surface area contributed by atoms with E-state index in [1.807, 2.05) is 17.0 Å². The van der Waals surface area contributed by atoms with Gasteiger partial charge in [0.05, 0.1) is 18.5 Å². The van der Waals surface area contributed by atoms with Crippen molar-refractivity contribution >= 4 is 11.6 Å². The first-order chi connectivity index (χ1) is 10.1. The van der Waals surface area contributed by atoms with Gasteiger partial charge in [0.1, 0.15) is 5.76 Å². The summed E-state index contributed by atoms with van der Waals surface area (Å²) in [5, 5.41) is 4.20. The number of nitrogens with zero attached hydrogens (tertiary/aromatic N) is 3. The molecule has 0 aromatic carbocycles. The first-order valence-corrected chi connectivity index (χ1v) is 7.27. The number of anilines is 1. The van der Waals surface area contributed by atoms with Crippen LogP contribution in [0, 0.1) is 0 Å². The molecule has 0 radical (unpaired) electrons. The normalized spacial score (nSPS) is 15.5. The molecule has 0 spiro atoms. The van der Waals surface area contributed by atoms with Gasteiger partial charge in [-0.25, -0.2) is 0 Å². The lowest BCUT2D eigenvalue weighted by atomic mass is 10.1. The van der Waals surface area contributed by atoms with Crippen molar-refractivity contribution in [2.75, 3.05) is 5.73 Å². The predicted molar refractivity (Wildman–Crippen MR) is 78.5 cm³/mol. The number of furan rings is 1. The highest BCUT2D eigenvalue weighted by Crippen LogP contribution is 2.27.